The van der Waals surface area contributed by atoms with Crippen LogP contribution >= 0.6 is 0 Å². The minimum absolute atomic E-state index is 0.0919. The number of benzene rings is 2. The van der Waals surface area contributed by atoms with Crippen molar-refractivity contribution in [2.75, 3.05) is 13.1 Å². The lowest BCUT2D eigenvalue weighted by Gasteiger charge is -2.31. The molecule has 8 heteroatoms. The molecule has 0 bridgehead atoms. The number of hydrogen-bond acceptors (Lipinski definition) is 3. The fraction of sp³-hybridized carbons (Fsp3) is 0.278. The summed E-state index contributed by atoms with van der Waals surface area (Å²) in [6.07, 6.45) is 0.991. The van der Waals surface area contributed by atoms with E-state index in [1.165, 1.54) is 22.5 Å². The predicted octanol–water partition coefficient (Wildman–Crippen LogP) is 2.49. The molecule has 0 aliphatic carbocycles. The van der Waals surface area contributed by atoms with Crippen molar-refractivity contribution < 1.29 is 12.8 Å². The number of piperidine rings is 1. The van der Waals surface area contributed by atoms with Gasteiger partial charge in [0.2, 0.25) is 10.0 Å². The maximum absolute atomic E-state index is 13.9. The molecule has 0 amide bonds. The summed E-state index contributed by atoms with van der Waals surface area (Å²) in [5, 5.41) is 0. The molecule has 1 N–H and O–H groups in total. The summed E-state index contributed by atoms with van der Waals surface area (Å²) in [5.41, 5.74) is 1.38. The van der Waals surface area contributed by atoms with Crippen LogP contribution in [0.2, 0.25) is 0 Å². The number of para-hydroxylation sites is 2. The minimum Gasteiger partial charge on any atom is -0.306 e. The molecular formula is C18H18FN3O3S. The Kier molecular flexibility index (Phi) is 4.16. The normalized spacial score (nSPS) is 17.0. The number of H-pyrrole nitrogens is 1. The van der Waals surface area contributed by atoms with E-state index >= 15 is 0 Å². The van der Waals surface area contributed by atoms with E-state index in [0.717, 1.165) is 17.1 Å². The van der Waals surface area contributed by atoms with Gasteiger partial charge in [0.15, 0.2) is 0 Å². The molecule has 1 saturated heterocycles. The average Bonchev–Trinajstić information content (AvgIpc) is 2.98. The highest BCUT2D eigenvalue weighted by atomic mass is 32.2. The zero-order valence-electron chi connectivity index (χ0n) is 13.9. The van der Waals surface area contributed by atoms with Crippen molar-refractivity contribution >= 4 is 21.1 Å². The number of aromatic amines is 1. The lowest BCUT2D eigenvalue weighted by atomic mass is 10.1. The van der Waals surface area contributed by atoms with E-state index in [1.54, 1.807) is 4.57 Å². The van der Waals surface area contributed by atoms with Gasteiger partial charge < -0.3 is 4.98 Å². The first kappa shape index (κ1) is 17.0. The fourth-order valence-corrected chi connectivity index (χ4v) is 5.11. The summed E-state index contributed by atoms with van der Waals surface area (Å²) in [6.45, 7) is 0.487. The van der Waals surface area contributed by atoms with Gasteiger partial charge in [-0.3, -0.25) is 4.57 Å². The molecule has 1 aromatic heterocycles. The maximum Gasteiger partial charge on any atom is 0.326 e. The Morgan fingerprint density at radius 1 is 1.00 bits per heavy atom. The number of hydrogen-bond donors (Lipinski definition) is 1. The number of imidazole rings is 1. The van der Waals surface area contributed by atoms with Gasteiger partial charge >= 0.3 is 5.69 Å². The number of halogens is 1. The molecule has 0 spiro atoms. The van der Waals surface area contributed by atoms with E-state index in [1.807, 2.05) is 24.3 Å². The van der Waals surface area contributed by atoms with Crippen LogP contribution in [-0.2, 0) is 10.0 Å². The van der Waals surface area contributed by atoms with Crippen LogP contribution in [0.15, 0.2) is 58.2 Å². The Balaban J connectivity index is 1.59. The van der Waals surface area contributed by atoms with E-state index in [0.29, 0.717) is 12.8 Å². The molecule has 0 atom stereocenters. The van der Waals surface area contributed by atoms with Crippen molar-refractivity contribution in [1.82, 2.24) is 13.9 Å². The van der Waals surface area contributed by atoms with Crippen molar-refractivity contribution in [2.45, 2.75) is 23.8 Å². The highest BCUT2D eigenvalue weighted by Crippen LogP contribution is 2.28. The third kappa shape index (κ3) is 2.75. The van der Waals surface area contributed by atoms with Gasteiger partial charge in [0.25, 0.3) is 0 Å². The number of rotatable bonds is 3. The molecule has 1 aliphatic rings. The largest absolute Gasteiger partial charge is 0.326 e. The van der Waals surface area contributed by atoms with Crippen LogP contribution in [0.3, 0.4) is 0 Å². The molecule has 1 aliphatic heterocycles. The van der Waals surface area contributed by atoms with E-state index < -0.39 is 15.8 Å². The first-order valence-corrected chi connectivity index (χ1v) is 9.86. The van der Waals surface area contributed by atoms with Gasteiger partial charge in [-0.15, -0.1) is 0 Å². The Labute approximate surface area is 149 Å². The molecule has 6 nitrogen and oxygen atoms in total. The van der Waals surface area contributed by atoms with Crippen LogP contribution in [0.5, 0.6) is 0 Å². The molecule has 1 fully saturated rings. The third-order valence-corrected chi connectivity index (χ3v) is 6.80. The van der Waals surface area contributed by atoms with Gasteiger partial charge in [0.1, 0.15) is 10.7 Å². The molecule has 2 aromatic carbocycles. The van der Waals surface area contributed by atoms with Gasteiger partial charge in [0.05, 0.1) is 11.0 Å². The summed E-state index contributed by atoms with van der Waals surface area (Å²) < 4.78 is 42.3. The number of nitrogens with one attached hydrogen (secondary N) is 1. The quantitative estimate of drug-likeness (QED) is 0.764. The second-order valence-corrected chi connectivity index (χ2v) is 8.29. The number of nitrogens with zero attached hydrogens (tertiary/aromatic N) is 2. The van der Waals surface area contributed by atoms with Gasteiger partial charge in [-0.2, -0.15) is 4.31 Å². The summed E-state index contributed by atoms with van der Waals surface area (Å²) >= 11 is 0. The van der Waals surface area contributed by atoms with Crippen LogP contribution in [0, 0.1) is 5.82 Å². The van der Waals surface area contributed by atoms with E-state index in [2.05, 4.69) is 4.98 Å². The van der Waals surface area contributed by atoms with Crippen molar-refractivity contribution in [3.05, 3.63) is 64.8 Å². The van der Waals surface area contributed by atoms with Crippen LogP contribution in [0.4, 0.5) is 4.39 Å². The Morgan fingerprint density at radius 3 is 2.38 bits per heavy atom. The fourth-order valence-electron chi connectivity index (χ4n) is 3.57. The zero-order chi connectivity index (χ0) is 18.3. The van der Waals surface area contributed by atoms with Gasteiger partial charge in [-0.25, -0.2) is 17.6 Å². The first-order chi connectivity index (χ1) is 12.5. The SMILES string of the molecule is O=c1[nH]c2ccccc2n1C1CCN(S(=O)(=O)c2ccccc2F)CC1. The van der Waals surface area contributed by atoms with Crippen LogP contribution < -0.4 is 5.69 Å². The van der Waals surface area contributed by atoms with Crippen molar-refractivity contribution in [3.8, 4) is 0 Å². The number of fused-ring (bicyclic) bond motifs is 1. The van der Waals surface area contributed by atoms with Crippen LogP contribution in [0.1, 0.15) is 18.9 Å². The Hall–Kier alpha value is -2.45. The summed E-state index contributed by atoms with van der Waals surface area (Å²) in [4.78, 5) is 14.8. The Morgan fingerprint density at radius 2 is 1.65 bits per heavy atom. The molecule has 4 rings (SSSR count). The Bertz CT molecular complexity index is 1110. The predicted molar refractivity (Wildman–Crippen MR) is 96.0 cm³/mol. The van der Waals surface area contributed by atoms with E-state index in [9.17, 15) is 17.6 Å². The van der Waals surface area contributed by atoms with Crippen LogP contribution in [0.25, 0.3) is 11.0 Å². The lowest BCUT2D eigenvalue weighted by Crippen LogP contribution is -2.40. The van der Waals surface area contributed by atoms with E-state index in [4.69, 9.17) is 0 Å². The maximum atomic E-state index is 13.9. The topological polar surface area (TPSA) is 75.2 Å². The molecule has 0 unspecified atom stereocenters. The van der Waals surface area contributed by atoms with Gasteiger partial charge in [-0.05, 0) is 37.1 Å². The third-order valence-electron chi connectivity index (χ3n) is 4.87. The number of sulfonamides is 1. The lowest BCUT2D eigenvalue weighted by molar-refractivity contribution is 0.273. The highest BCUT2D eigenvalue weighted by molar-refractivity contribution is 7.89. The first-order valence-electron chi connectivity index (χ1n) is 8.42. The van der Waals surface area contributed by atoms with Crippen molar-refractivity contribution in [1.29, 1.82) is 0 Å². The monoisotopic (exact) mass is 375 g/mol. The molecule has 2 heterocycles. The molecule has 136 valence electrons. The second-order valence-electron chi connectivity index (χ2n) is 6.38. The number of aromatic nitrogens is 2. The van der Waals surface area contributed by atoms with Crippen molar-refractivity contribution in [3.63, 3.8) is 0 Å². The van der Waals surface area contributed by atoms with E-state index in [-0.39, 0.29) is 29.7 Å². The summed E-state index contributed by atoms with van der Waals surface area (Å²) in [7, 11) is -3.87. The smallest absolute Gasteiger partial charge is 0.306 e. The molecule has 3 aromatic rings. The summed E-state index contributed by atoms with van der Waals surface area (Å²) in [5.74, 6) is -0.748. The van der Waals surface area contributed by atoms with Crippen LogP contribution in [-0.4, -0.2) is 35.4 Å². The molecule has 26 heavy (non-hydrogen) atoms. The van der Waals surface area contributed by atoms with Gasteiger partial charge in [-0.1, -0.05) is 24.3 Å². The molecule has 0 radical (unpaired) electrons. The van der Waals surface area contributed by atoms with Gasteiger partial charge in [0, 0.05) is 19.1 Å². The summed E-state index contributed by atoms with van der Waals surface area (Å²) in [6, 6.07) is 12.7. The molecule has 0 saturated carbocycles. The minimum atomic E-state index is -3.87. The average molecular weight is 375 g/mol. The van der Waals surface area contributed by atoms with Crippen molar-refractivity contribution in [2.24, 2.45) is 0 Å². The zero-order valence-corrected chi connectivity index (χ0v) is 14.7. The second kappa shape index (κ2) is 6.37. The highest BCUT2D eigenvalue weighted by Gasteiger charge is 2.32. The molecular weight excluding hydrogens is 357 g/mol. The standard InChI is InChI=1S/C18H18FN3O3S/c19-14-5-1-4-8-17(14)26(24,25)21-11-9-13(10-12-21)22-16-7-3-2-6-15(16)20-18(22)23/h1-8,13H,9-12H2,(H,20,23).